The molecule has 0 aliphatic carbocycles. The summed E-state index contributed by atoms with van der Waals surface area (Å²) in [6.45, 7) is 2.20. The summed E-state index contributed by atoms with van der Waals surface area (Å²) >= 11 is 5.42. The lowest BCUT2D eigenvalue weighted by atomic mass is 10.0. The van der Waals surface area contributed by atoms with Crippen LogP contribution in [0.3, 0.4) is 0 Å². The maximum atomic E-state index is 5.11. The van der Waals surface area contributed by atoms with Crippen molar-refractivity contribution in [1.82, 2.24) is 0 Å². The monoisotopic (exact) mass is 433 g/mol. The molecule has 27 heavy (non-hydrogen) atoms. The average molecular weight is 434 g/mol. The topological polar surface area (TPSA) is 12.4 Å². The van der Waals surface area contributed by atoms with E-state index >= 15 is 0 Å². The van der Waals surface area contributed by atoms with E-state index in [1.165, 1.54) is 15.0 Å². The number of hydrogen-bond acceptors (Lipinski definition) is 2. The molecular weight excluding hydrogens is 414 g/mol. The van der Waals surface area contributed by atoms with Crippen LogP contribution in [-0.4, -0.2) is 11.8 Å². The molecule has 0 bridgehead atoms. The van der Waals surface area contributed by atoms with E-state index < -0.39 is 0 Å². The first kappa shape index (κ1) is 18.1. The van der Waals surface area contributed by atoms with Crippen molar-refractivity contribution in [2.45, 2.75) is 19.4 Å². The third-order valence-corrected chi connectivity index (χ3v) is 6.09. The minimum atomic E-state index is 0.205. The van der Waals surface area contributed by atoms with Gasteiger partial charge in [0, 0.05) is 31.6 Å². The molecule has 1 aromatic heterocycles. The van der Waals surface area contributed by atoms with Crippen LogP contribution in [0.4, 0.5) is 0 Å². The molecule has 1 heterocycles. The van der Waals surface area contributed by atoms with Crippen LogP contribution in [0.15, 0.2) is 94.4 Å². The molecule has 134 valence electrons. The summed E-state index contributed by atoms with van der Waals surface area (Å²) < 4.78 is 2.45. The Morgan fingerprint density at radius 3 is 2.15 bits per heavy atom. The summed E-state index contributed by atoms with van der Waals surface area (Å²) in [6, 6.07) is 29.9. The lowest BCUT2D eigenvalue weighted by molar-refractivity contribution is 0.750. The van der Waals surface area contributed by atoms with Crippen molar-refractivity contribution in [2.24, 2.45) is 4.99 Å². The molecule has 0 amide bonds. The van der Waals surface area contributed by atoms with Crippen LogP contribution in [-0.2, 0) is 6.42 Å². The van der Waals surface area contributed by atoms with Gasteiger partial charge in [0.1, 0.15) is 0 Å². The number of fused-ring (bicyclic) bond motifs is 1. The van der Waals surface area contributed by atoms with Crippen LogP contribution in [0.25, 0.3) is 10.1 Å². The fourth-order valence-electron chi connectivity index (χ4n) is 3.23. The Morgan fingerprint density at radius 2 is 1.52 bits per heavy atom. The predicted molar refractivity (Wildman–Crippen MR) is 121 cm³/mol. The second-order valence-electron chi connectivity index (χ2n) is 6.66. The number of rotatable bonds is 5. The molecule has 0 aliphatic rings. The molecule has 4 aromatic rings. The third kappa shape index (κ3) is 4.37. The third-order valence-electron chi connectivity index (χ3n) is 4.47. The summed E-state index contributed by atoms with van der Waals surface area (Å²) in [4.78, 5) is 6.49. The van der Waals surface area contributed by atoms with Crippen molar-refractivity contribution in [3.63, 3.8) is 0 Å². The van der Waals surface area contributed by atoms with Gasteiger partial charge in [-0.3, -0.25) is 4.99 Å². The number of nitrogens with zero attached hydrogens (tertiary/aromatic N) is 1. The highest BCUT2D eigenvalue weighted by molar-refractivity contribution is 9.10. The van der Waals surface area contributed by atoms with Crippen LogP contribution in [0.5, 0.6) is 0 Å². The number of thiophene rings is 1. The van der Waals surface area contributed by atoms with E-state index in [-0.39, 0.29) is 6.04 Å². The van der Waals surface area contributed by atoms with Gasteiger partial charge in [0.05, 0.1) is 11.8 Å². The first-order valence-corrected chi connectivity index (χ1v) is 10.7. The Hall–Kier alpha value is -2.23. The van der Waals surface area contributed by atoms with Crippen molar-refractivity contribution in [3.8, 4) is 0 Å². The largest absolute Gasteiger partial charge is 0.281 e. The second-order valence-corrected chi connectivity index (χ2v) is 8.74. The Morgan fingerprint density at radius 1 is 0.889 bits per heavy atom. The summed E-state index contributed by atoms with van der Waals surface area (Å²) in [5.41, 5.74) is 3.39. The number of hydrogen-bond donors (Lipinski definition) is 0. The molecule has 0 N–H and O–H groups in total. The quantitative estimate of drug-likeness (QED) is 0.296. The molecule has 0 aliphatic heterocycles. The van der Waals surface area contributed by atoms with Crippen molar-refractivity contribution < 1.29 is 0 Å². The highest BCUT2D eigenvalue weighted by Gasteiger charge is 2.11. The molecular formula is C24H20BrNS. The summed E-state index contributed by atoms with van der Waals surface area (Å²) in [7, 11) is 0. The minimum Gasteiger partial charge on any atom is -0.281 e. The lowest BCUT2D eigenvalue weighted by Crippen LogP contribution is -2.10. The predicted octanol–water partition coefficient (Wildman–Crippen LogP) is 7.13. The Balaban J connectivity index is 1.65. The molecule has 1 nitrogen and oxygen atoms in total. The highest BCUT2D eigenvalue weighted by atomic mass is 79.9. The van der Waals surface area contributed by atoms with E-state index in [1.807, 2.05) is 23.5 Å². The number of aliphatic imine (C=N–C) groups is 1. The zero-order valence-corrected chi connectivity index (χ0v) is 17.5. The first-order valence-electron chi connectivity index (χ1n) is 9.05. The minimum absolute atomic E-state index is 0.205. The van der Waals surface area contributed by atoms with E-state index in [2.05, 4.69) is 95.7 Å². The van der Waals surface area contributed by atoms with Crippen molar-refractivity contribution in [3.05, 3.63) is 105 Å². The summed E-state index contributed by atoms with van der Waals surface area (Å²) in [5.74, 6) is 0. The summed E-state index contributed by atoms with van der Waals surface area (Å²) in [5, 5.41) is 1.31. The molecule has 0 radical (unpaired) electrons. The molecule has 0 spiro atoms. The summed E-state index contributed by atoms with van der Waals surface area (Å²) in [6.07, 6.45) is 0.945. The van der Waals surface area contributed by atoms with Gasteiger partial charge in [-0.1, -0.05) is 82.7 Å². The molecule has 4 rings (SSSR count). The first-order chi connectivity index (χ1) is 13.2. The molecule has 1 unspecified atom stereocenters. The average Bonchev–Trinajstić information content (AvgIpc) is 3.08. The Kier molecular flexibility index (Phi) is 5.51. The van der Waals surface area contributed by atoms with E-state index in [0.29, 0.717) is 0 Å². The standard InChI is InChI=1S/C24H20BrNS/c1-17(14-22-15-20-12-13-21(25)16-23(20)27-22)26-24(18-8-4-2-5-9-18)19-10-6-3-7-11-19/h2-13,15-17H,14H2,1H3. The van der Waals surface area contributed by atoms with Crippen molar-refractivity contribution in [2.75, 3.05) is 0 Å². The maximum absolute atomic E-state index is 5.11. The number of benzene rings is 3. The van der Waals surface area contributed by atoms with Gasteiger partial charge < -0.3 is 0 Å². The Labute approximate surface area is 172 Å². The van der Waals surface area contributed by atoms with Gasteiger partial charge in [0.15, 0.2) is 0 Å². The van der Waals surface area contributed by atoms with Crippen molar-refractivity contribution in [1.29, 1.82) is 0 Å². The maximum Gasteiger partial charge on any atom is 0.0722 e. The molecule has 0 fully saturated rings. The van der Waals surface area contributed by atoms with E-state index in [4.69, 9.17) is 4.99 Å². The zero-order chi connectivity index (χ0) is 18.6. The van der Waals surface area contributed by atoms with E-state index in [1.54, 1.807) is 0 Å². The molecule has 3 heteroatoms. The molecule has 1 atom stereocenters. The van der Waals surface area contributed by atoms with Crippen LogP contribution in [0.2, 0.25) is 0 Å². The molecule has 3 aromatic carbocycles. The normalized spacial score (nSPS) is 12.1. The van der Waals surface area contributed by atoms with E-state index in [0.717, 1.165) is 27.7 Å². The van der Waals surface area contributed by atoms with Gasteiger partial charge in [-0.05, 0) is 30.5 Å². The molecule has 0 saturated heterocycles. The van der Waals surface area contributed by atoms with Crippen LogP contribution < -0.4 is 0 Å². The highest BCUT2D eigenvalue weighted by Crippen LogP contribution is 2.29. The van der Waals surface area contributed by atoms with Gasteiger partial charge >= 0.3 is 0 Å². The van der Waals surface area contributed by atoms with Crippen LogP contribution in [0.1, 0.15) is 22.9 Å². The number of halogens is 1. The van der Waals surface area contributed by atoms with E-state index in [9.17, 15) is 0 Å². The fraction of sp³-hybridized carbons (Fsp3) is 0.125. The van der Waals surface area contributed by atoms with Crippen LogP contribution in [0, 0.1) is 0 Å². The SMILES string of the molecule is CC(Cc1cc2ccc(Br)cc2s1)N=C(c1ccccc1)c1ccccc1. The van der Waals surface area contributed by atoms with Crippen LogP contribution >= 0.6 is 27.3 Å². The van der Waals surface area contributed by atoms with Gasteiger partial charge in [0.25, 0.3) is 0 Å². The van der Waals surface area contributed by atoms with Crippen molar-refractivity contribution >= 4 is 43.1 Å². The smallest absolute Gasteiger partial charge is 0.0722 e. The fourth-order valence-corrected chi connectivity index (χ4v) is 4.96. The van der Waals surface area contributed by atoms with Gasteiger partial charge in [0.2, 0.25) is 0 Å². The zero-order valence-electron chi connectivity index (χ0n) is 15.1. The molecule has 0 saturated carbocycles. The van der Waals surface area contributed by atoms with Gasteiger partial charge in [-0.15, -0.1) is 11.3 Å². The Bertz CT molecular complexity index is 1030. The van der Waals surface area contributed by atoms with Gasteiger partial charge in [-0.2, -0.15) is 0 Å². The lowest BCUT2D eigenvalue weighted by Gasteiger charge is -2.12. The van der Waals surface area contributed by atoms with Gasteiger partial charge in [-0.25, -0.2) is 0 Å². The second kappa shape index (κ2) is 8.20.